The van der Waals surface area contributed by atoms with Gasteiger partial charge in [0, 0.05) is 23.6 Å². The number of hydrogen-bond acceptors (Lipinski definition) is 6. The van der Waals surface area contributed by atoms with Gasteiger partial charge in [0.1, 0.15) is 0 Å². The van der Waals surface area contributed by atoms with Gasteiger partial charge in [-0.05, 0) is 29.8 Å². The maximum Gasteiger partial charge on any atom is 0.231 e. The van der Waals surface area contributed by atoms with Crippen LogP contribution in [0.15, 0.2) is 90.3 Å². The molecule has 7 nitrogen and oxygen atoms in total. The lowest BCUT2D eigenvalue weighted by Crippen LogP contribution is -2.17. The Morgan fingerprint density at radius 3 is 2.38 bits per heavy atom. The summed E-state index contributed by atoms with van der Waals surface area (Å²) in [6.45, 7) is 0.559. The Morgan fingerprint density at radius 1 is 0.906 bits per heavy atom. The molecular weight excluding hydrogens is 422 g/mol. The van der Waals surface area contributed by atoms with Gasteiger partial charge in [-0.25, -0.2) is 0 Å². The number of benzene rings is 2. The Morgan fingerprint density at radius 2 is 1.66 bits per heavy atom. The number of carbonyl (C=O) groups excluding carboxylic acids is 2. The van der Waals surface area contributed by atoms with Crippen LogP contribution < -0.4 is 5.32 Å². The average Bonchev–Trinajstić information content (AvgIpc) is 3.22. The first-order valence-electron chi connectivity index (χ1n) is 10.1. The van der Waals surface area contributed by atoms with Crippen molar-refractivity contribution in [2.75, 3.05) is 11.1 Å². The van der Waals surface area contributed by atoms with Gasteiger partial charge in [0.05, 0.1) is 18.7 Å². The highest BCUT2D eigenvalue weighted by Crippen LogP contribution is 2.25. The molecule has 2 aromatic heterocycles. The number of ketones is 1. The Hall–Kier alpha value is -3.78. The van der Waals surface area contributed by atoms with Crippen LogP contribution in [0.25, 0.3) is 11.4 Å². The number of Topliss-reactive ketones (excluding diaryl/α,β-unsaturated/α-hetero) is 1. The lowest BCUT2D eigenvalue weighted by atomic mass is 10.2. The van der Waals surface area contributed by atoms with E-state index in [0.29, 0.717) is 23.2 Å². The number of nitrogens with zero attached hydrogens (tertiary/aromatic N) is 4. The van der Waals surface area contributed by atoms with Crippen molar-refractivity contribution in [2.45, 2.75) is 18.1 Å². The van der Waals surface area contributed by atoms with Crippen LogP contribution in [0.3, 0.4) is 0 Å². The second-order valence-electron chi connectivity index (χ2n) is 7.04. The molecule has 0 atom stereocenters. The maximum absolute atomic E-state index is 12.4. The van der Waals surface area contributed by atoms with Crippen LogP contribution in [0.4, 0.5) is 5.69 Å². The van der Waals surface area contributed by atoms with E-state index >= 15 is 0 Å². The zero-order chi connectivity index (χ0) is 22.2. The SMILES string of the molecule is O=C(CSc1nnc(-c2cccnc2)n1Cc1ccccc1)CC(=O)Nc1ccccc1. The van der Waals surface area contributed by atoms with E-state index in [9.17, 15) is 9.59 Å². The molecule has 2 heterocycles. The first kappa shape index (κ1) is 21.5. The molecule has 2 aromatic carbocycles. The number of rotatable bonds is 9. The van der Waals surface area contributed by atoms with E-state index in [1.165, 1.54) is 11.8 Å². The Balaban J connectivity index is 1.45. The van der Waals surface area contributed by atoms with Crippen molar-refractivity contribution >= 4 is 29.1 Å². The fraction of sp³-hybridized carbons (Fsp3) is 0.125. The van der Waals surface area contributed by atoms with E-state index in [1.807, 2.05) is 65.2 Å². The summed E-state index contributed by atoms with van der Waals surface area (Å²) in [5, 5.41) is 12.0. The van der Waals surface area contributed by atoms with E-state index in [4.69, 9.17) is 0 Å². The minimum atomic E-state index is -0.330. The van der Waals surface area contributed by atoms with Gasteiger partial charge in [-0.2, -0.15) is 0 Å². The molecule has 0 fully saturated rings. The lowest BCUT2D eigenvalue weighted by Gasteiger charge is -2.10. The number of para-hydroxylation sites is 1. The number of nitrogens with one attached hydrogen (secondary N) is 1. The summed E-state index contributed by atoms with van der Waals surface area (Å²) in [4.78, 5) is 28.7. The number of hydrogen-bond donors (Lipinski definition) is 1. The number of aromatic nitrogens is 4. The molecular formula is C24H21N5O2S. The molecule has 0 bridgehead atoms. The molecule has 0 saturated heterocycles. The third kappa shape index (κ3) is 5.67. The van der Waals surface area contributed by atoms with Crippen molar-refractivity contribution in [2.24, 2.45) is 0 Å². The standard InChI is InChI=1S/C24H21N5O2S/c30-21(14-22(31)26-20-11-5-2-6-12-20)17-32-24-28-27-23(19-10-7-13-25-15-19)29(24)16-18-8-3-1-4-9-18/h1-13,15H,14,16-17H2,(H,26,31). The zero-order valence-electron chi connectivity index (χ0n) is 17.2. The molecule has 4 rings (SSSR count). The fourth-order valence-electron chi connectivity index (χ4n) is 3.11. The highest BCUT2D eigenvalue weighted by atomic mass is 32.2. The monoisotopic (exact) mass is 443 g/mol. The lowest BCUT2D eigenvalue weighted by molar-refractivity contribution is -0.123. The van der Waals surface area contributed by atoms with Crippen molar-refractivity contribution in [3.63, 3.8) is 0 Å². The molecule has 0 radical (unpaired) electrons. The van der Waals surface area contributed by atoms with Crippen molar-refractivity contribution in [1.29, 1.82) is 0 Å². The summed E-state index contributed by atoms with van der Waals surface area (Å²) in [6, 6.07) is 22.8. The second-order valence-corrected chi connectivity index (χ2v) is 7.98. The summed E-state index contributed by atoms with van der Waals surface area (Å²) < 4.78 is 1.97. The van der Waals surface area contributed by atoms with Crippen LogP contribution in [0, 0.1) is 0 Å². The molecule has 0 spiro atoms. The fourth-order valence-corrected chi connectivity index (χ4v) is 3.91. The van der Waals surface area contributed by atoms with Crippen LogP contribution in [0.1, 0.15) is 12.0 Å². The molecule has 32 heavy (non-hydrogen) atoms. The topological polar surface area (TPSA) is 89.8 Å². The van der Waals surface area contributed by atoms with Gasteiger partial charge < -0.3 is 5.32 Å². The third-order valence-electron chi connectivity index (χ3n) is 4.60. The largest absolute Gasteiger partial charge is 0.326 e. The van der Waals surface area contributed by atoms with Crippen LogP contribution in [0.5, 0.6) is 0 Å². The zero-order valence-corrected chi connectivity index (χ0v) is 18.0. The van der Waals surface area contributed by atoms with Crippen molar-refractivity contribution in [1.82, 2.24) is 19.7 Å². The second kappa shape index (κ2) is 10.5. The van der Waals surface area contributed by atoms with E-state index < -0.39 is 0 Å². The highest BCUT2D eigenvalue weighted by Gasteiger charge is 2.17. The maximum atomic E-state index is 12.4. The first-order valence-corrected chi connectivity index (χ1v) is 11.0. The molecule has 0 unspecified atom stereocenters. The molecule has 8 heteroatoms. The number of carbonyl (C=O) groups is 2. The Bertz CT molecular complexity index is 1180. The summed E-state index contributed by atoms with van der Waals surface area (Å²) in [5.74, 6) is 0.297. The molecule has 0 saturated carbocycles. The van der Waals surface area contributed by atoms with Gasteiger partial charge in [-0.15, -0.1) is 10.2 Å². The van der Waals surface area contributed by atoms with Crippen molar-refractivity contribution < 1.29 is 9.59 Å². The molecule has 160 valence electrons. The van der Waals surface area contributed by atoms with E-state index in [1.54, 1.807) is 24.5 Å². The minimum absolute atomic E-state index is 0.127. The van der Waals surface area contributed by atoms with Crippen LogP contribution in [-0.4, -0.2) is 37.2 Å². The quantitative estimate of drug-likeness (QED) is 0.310. The highest BCUT2D eigenvalue weighted by molar-refractivity contribution is 7.99. The predicted molar refractivity (Wildman–Crippen MR) is 124 cm³/mol. The Kier molecular flexibility index (Phi) is 7.04. The smallest absolute Gasteiger partial charge is 0.231 e. The minimum Gasteiger partial charge on any atom is -0.326 e. The summed E-state index contributed by atoms with van der Waals surface area (Å²) >= 11 is 1.28. The normalized spacial score (nSPS) is 10.6. The van der Waals surface area contributed by atoms with Gasteiger partial charge in [-0.3, -0.25) is 19.1 Å². The summed E-state index contributed by atoms with van der Waals surface area (Å²) in [5.41, 5.74) is 2.60. The van der Waals surface area contributed by atoms with Gasteiger partial charge in [0.2, 0.25) is 5.91 Å². The van der Waals surface area contributed by atoms with Gasteiger partial charge >= 0.3 is 0 Å². The molecule has 1 amide bonds. The van der Waals surface area contributed by atoms with Gasteiger partial charge in [-0.1, -0.05) is 60.3 Å². The molecule has 0 aliphatic carbocycles. The number of thioether (sulfide) groups is 1. The van der Waals surface area contributed by atoms with E-state index in [2.05, 4.69) is 20.5 Å². The summed E-state index contributed by atoms with van der Waals surface area (Å²) in [6.07, 6.45) is 3.25. The van der Waals surface area contributed by atoms with E-state index in [0.717, 1.165) is 11.1 Å². The summed E-state index contributed by atoms with van der Waals surface area (Å²) in [7, 11) is 0. The van der Waals surface area contributed by atoms with Crippen molar-refractivity contribution in [3.8, 4) is 11.4 Å². The van der Waals surface area contributed by atoms with Crippen LogP contribution in [0.2, 0.25) is 0 Å². The number of amides is 1. The number of anilines is 1. The van der Waals surface area contributed by atoms with Crippen molar-refractivity contribution in [3.05, 3.63) is 90.8 Å². The Labute approximate surface area is 189 Å². The molecule has 0 aliphatic rings. The number of pyridine rings is 1. The van der Waals surface area contributed by atoms with Crippen LogP contribution >= 0.6 is 11.8 Å². The molecule has 0 aliphatic heterocycles. The van der Waals surface area contributed by atoms with Gasteiger partial charge in [0.25, 0.3) is 0 Å². The molecule has 1 N–H and O–H groups in total. The van der Waals surface area contributed by atoms with Gasteiger partial charge in [0.15, 0.2) is 16.8 Å². The third-order valence-corrected chi connectivity index (χ3v) is 5.62. The average molecular weight is 444 g/mol. The van der Waals surface area contributed by atoms with Crippen LogP contribution in [-0.2, 0) is 16.1 Å². The predicted octanol–water partition coefficient (Wildman–Crippen LogP) is 4.08. The molecule has 4 aromatic rings. The first-order chi connectivity index (χ1) is 15.7. The van der Waals surface area contributed by atoms with E-state index in [-0.39, 0.29) is 23.9 Å².